The number of anilines is 2. The van der Waals surface area contributed by atoms with Gasteiger partial charge in [-0.25, -0.2) is 4.98 Å². The number of benzene rings is 1. The number of pyridine rings is 1. The standard InChI is InChI=1S/C19H20N4OS/c1-14-6-5-8-16(12-14)21-19-22-17(13-25-19)18(24)23(2)11-9-15-7-3-4-10-20-15/h3-8,10,12-13H,9,11H2,1-2H3,(H,21,22). The molecule has 3 aromatic rings. The molecule has 25 heavy (non-hydrogen) atoms. The molecule has 1 amide bonds. The summed E-state index contributed by atoms with van der Waals surface area (Å²) in [6.07, 6.45) is 2.49. The maximum absolute atomic E-state index is 12.5. The van der Waals surface area contributed by atoms with Crippen LogP contribution in [0.1, 0.15) is 21.7 Å². The van der Waals surface area contributed by atoms with Crippen molar-refractivity contribution in [1.29, 1.82) is 0 Å². The van der Waals surface area contributed by atoms with Crippen LogP contribution in [0, 0.1) is 6.92 Å². The number of nitrogens with one attached hydrogen (secondary N) is 1. The van der Waals surface area contributed by atoms with Crippen molar-refractivity contribution < 1.29 is 4.79 Å². The van der Waals surface area contributed by atoms with Gasteiger partial charge in [-0.15, -0.1) is 11.3 Å². The average molecular weight is 352 g/mol. The molecule has 0 atom stereocenters. The Labute approximate surface area is 151 Å². The fourth-order valence-corrected chi connectivity index (χ4v) is 3.11. The molecule has 0 saturated heterocycles. The lowest BCUT2D eigenvalue weighted by atomic mass is 10.2. The number of hydrogen-bond donors (Lipinski definition) is 1. The van der Waals surface area contributed by atoms with Gasteiger partial charge < -0.3 is 10.2 Å². The second-order valence-corrected chi connectivity index (χ2v) is 6.69. The monoisotopic (exact) mass is 352 g/mol. The Hall–Kier alpha value is -2.73. The molecule has 0 radical (unpaired) electrons. The first-order valence-electron chi connectivity index (χ1n) is 8.06. The van der Waals surface area contributed by atoms with E-state index in [1.165, 1.54) is 16.9 Å². The van der Waals surface area contributed by atoms with Crippen LogP contribution >= 0.6 is 11.3 Å². The van der Waals surface area contributed by atoms with E-state index in [-0.39, 0.29) is 5.91 Å². The van der Waals surface area contributed by atoms with Gasteiger partial charge in [0.25, 0.3) is 5.91 Å². The van der Waals surface area contributed by atoms with Gasteiger partial charge in [0.15, 0.2) is 5.13 Å². The Morgan fingerprint density at radius 1 is 1.24 bits per heavy atom. The number of hydrogen-bond acceptors (Lipinski definition) is 5. The lowest BCUT2D eigenvalue weighted by Gasteiger charge is -2.15. The van der Waals surface area contributed by atoms with Crippen molar-refractivity contribution in [1.82, 2.24) is 14.9 Å². The Kier molecular flexibility index (Phi) is 5.40. The fraction of sp³-hybridized carbons (Fsp3) is 0.211. The van der Waals surface area contributed by atoms with E-state index in [0.29, 0.717) is 17.4 Å². The van der Waals surface area contributed by atoms with Crippen LogP contribution in [0.4, 0.5) is 10.8 Å². The van der Waals surface area contributed by atoms with E-state index in [9.17, 15) is 4.79 Å². The summed E-state index contributed by atoms with van der Waals surface area (Å²) in [7, 11) is 1.79. The van der Waals surface area contributed by atoms with Crippen LogP contribution in [0.15, 0.2) is 54.0 Å². The number of likely N-dealkylation sites (N-methyl/N-ethyl adjacent to an activating group) is 1. The van der Waals surface area contributed by atoms with Crippen LogP contribution in [-0.4, -0.2) is 34.4 Å². The molecule has 1 aromatic carbocycles. The van der Waals surface area contributed by atoms with E-state index in [1.54, 1.807) is 23.5 Å². The van der Waals surface area contributed by atoms with Crippen molar-refractivity contribution in [2.24, 2.45) is 0 Å². The molecular formula is C19H20N4OS. The van der Waals surface area contributed by atoms with Crippen molar-refractivity contribution in [2.45, 2.75) is 13.3 Å². The molecule has 0 bridgehead atoms. The van der Waals surface area contributed by atoms with Gasteiger partial charge in [0, 0.05) is 43.0 Å². The van der Waals surface area contributed by atoms with Crippen LogP contribution in [-0.2, 0) is 6.42 Å². The van der Waals surface area contributed by atoms with Gasteiger partial charge in [-0.1, -0.05) is 18.2 Å². The van der Waals surface area contributed by atoms with Crippen LogP contribution in [0.25, 0.3) is 0 Å². The van der Waals surface area contributed by atoms with E-state index >= 15 is 0 Å². The summed E-state index contributed by atoms with van der Waals surface area (Å²) in [5.41, 5.74) is 3.58. The first-order chi connectivity index (χ1) is 12.1. The minimum Gasteiger partial charge on any atom is -0.340 e. The number of thiazole rings is 1. The van der Waals surface area contributed by atoms with Gasteiger partial charge in [-0.3, -0.25) is 9.78 Å². The highest BCUT2D eigenvalue weighted by molar-refractivity contribution is 7.14. The normalized spacial score (nSPS) is 10.5. The molecular weight excluding hydrogens is 332 g/mol. The van der Waals surface area contributed by atoms with E-state index < -0.39 is 0 Å². The van der Waals surface area contributed by atoms with Gasteiger partial charge in [0.2, 0.25) is 0 Å². The SMILES string of the molecule is Cc1cccc(Nc2nc(C(=O)N(C)CCc3ccccn3)cs2)c1. The number of carbonyl (C=O) groups excluding carboxylic acids is 1. The highest BCUT2D eigenvalue weighted by Gasteiger charge is 2.15. The van der Waals surface area contributed by atoms with Crippen molar-refractivity contribution >= 4 is 28.1 Å². The summed E-state index contributed by atoms with van der Waals surface area (Å²) >= 11 is 1.43. The molecule has 0 spiro atoms. The zero-order chi connectivity index (χ0) is 17.6. The van der Waals surface area contributed by atoms with Crippen molar-refractivity contribution in [3.8, 4) is 0 Å². The Balaban J connectivity index is 1.60. The molecule has 6 heteroatoms. The molecule has 128 valence electrons. The number of amides is 1. The largest absolute Gasteiger partial charge is 0.340 e. The predicted octanol–water partition coefficient (Wildman–Crippen LogP) is 3.90. The number of rotatable bonds is 6. The third-order valence-electron chi connectivity index (χ3n) is 3.77. The lowest BCUT2D eigenvalue weighted by molar-refractivity contribution is 0.0791. The third-order valence-corrected chi connectivity index (χ3v) is 4.53. The van der Waals surface area contributed by atoms with E-state index in [0.717, 1.165) is 17.8 Å². The average Bonchev–Trinajstić information content (AvgIpc) is 3.08. The third kappa shape index (κ3) is 4.64. The number of aryl methyl sites for hydroxylation is 1. The van der Waals surface area contributed by atoms with E-state index in [4.69, 9.17) is 0 Å². The minimum atomic E-state index is -0.0792. The first kappa shape index (κ1) is 17.1. The molecule has 2 aromatic heterocycles. The predicted molar refractivity (Wildman–Crippen MR) is 101 cm³/mol. The van der Waals surface area contributed by atoms with E-state index in [2.05, 4.69) is 15.3 Å². The Bertz CT molecular complexity index is 847. The highest BCUT2D eigenvalue weighted by atomic mass is 32.1. The zero-order valence-corrected chi connectivity index (χ0v) is 15.1. The molecule has 5 nitrogen and oxygen atoms in total. The van der Waals surface area contributed by atoms with Crippen LogP contribution in [0.3, 0.4) is 0 Å². The summed E-state index contributed by atoms with van der Waals surface area (Å²) in [5, 5.41) is 5.75. The summed E-state index contributed by atoms with van der Waals surface area (Å²) in [6, 6.07) is 13.9. The Morgan fingerprint density at radius 2 is 2.12 bits per heavy atom. The molecule has 0 aliphatic rings. The Morgan fingerprint density at radius 3 is 2.88 bits per heavy atom. The van der Waals surface area contributed by atoms with Gasteiger partial charge >= 0.3 is 0 Å². The van der Waals surface area contributed by atoms with Gasteiger partial charge in [-0.05, 0) is 36.8 Å². The van der Waals surface area contributed by atoms with Crippen LogP contribution in [0.5, 0.6) is 0 Å². The van der Waals surface area contributed by atoms with Crippen LogP contribution < -0.4 is 5.32 Å². The summed E-state index contributed by atoms with van der Waals surface area (Å²) < 4.78 is 0. The molecule has 0 fully saturated rings. The first-order valence-corrected chi connectivity index (χ1v) is 8.94. The van der Waals surface area contributed by atoms with Gasteiger partial charge in [0.05, 0.1) is 0 Å². The van der Waals surface area contributed by atoms with Crippen molar-refractivity contribution in [3.63, 3.8) is 0 Å². The fourth-order valence-electron chi connectivity index (χ4n) is 2.40. The summed E-state index contributed by atoms with van der Waals surface area (Å²) in [4.78, 5) is 22.9. The highest BCUT2D eigenvalue weighted by Crippen LogP contribution is 2.22. The molecule has 0 aliphatic carbocycles. The van der Waals surface area contributed by atoms with Crippen molar-refractivity contribution in [3.05, 3.63) is 71.0 Å². The summed E-state index contributed by atoms with van der Waals surface area (Å²) in [5.74, 6) is -0.0792. The smallest absolute Gasteiger partial charge is 0.273 e. The molecule has 1 N–H and O–H groups in total. The van der Waals surface area contributed by atoms with Gasteiger partial charge in [0.1, 0.15) is 5.69 Å². The van der Waals surface area contributed by atoms with Crippen LogP contribution in [0.2, 0.25) is 0 Å². The van der Waals surface area contributed by atoms with Crippen molar-refractivity contribution in [2.75, 3.05) is 18.9 Å². The quantitative estimate of drug-likeness (QED) is 0.731. The molecule has 0 saturated carbocycles. The number of aromatic nitrogens is 2. The molecule has 3 rings (SSSR count). The number of carbonyl (C=O) groups is 1. The maximum atomic E-state index is 12.5. The molecule has 0 aliphatic heterocycles. The van der Waals surface area contributed by atoms with Gasteiger partial charge in [-0.2, -0.15) is 0 Å². The zero-order valence-electron chi connectivity index (χ0n) is 14.3. The second-order valence-electron chi connectivity index (χ2n) is 5.83. The topological polar surface area (TPSA) is 58.1 Å². The molecule has 0 unspecified atom stereocenters. The second kappa shape index (κ2) is 7.90. The number of nitrogens with zero attached hydrogens (tertiary/aromatic N) is 3. The summed E-state index contributed by atoms with van der Waals surface area (Å²) in [6.45, 7) is 2.65. The maximum Gasteiger partial charge on any atom is 0.273 e. The molecule has 2 heterocycles. The minimum absolute atomic E-state index is 0.0792. The lowest BCUT2D eigenvalue weighted by Crippen LogP contribution is -2.29. The van der Waals surface area contributed by atoms with E-state index in [1.807, 2.05) is 49.4 Å².